The number of nitrogens with zero attached hydrogens (tertiary/aromatic N) is 1. The van der Waals surface area contributed by atoms with Crippen molar-refractivity contribution in [2.45, 2.75) is 31.1 Å². The minimum absolute atomic E-state index is 0.135. The molecule has 0 saturated carbocycles. The predicted molar refractivity (Wildman–Crippen MR) is 112 cm³/mol. The van der Waals surface area contributed by atoms with E-state index in [1.165, 1.54) is 10.4 Å². The van der Waals surface area contributed by atoms with Gasteiger partial charge in [0.2, 0.25) is 10.0 Å². The van der Waals surface area contributed by atoms with Crippen molar-refractivity contribution in [2.75, 3.05) is 19.6 Å². The van der Waals surface area contributed by atoms with Crippen LogP contribution >= 0.6 is 11.6 Å². The number of rotatable bonds is 6. The number of benzene rings is 2. The van der Waals surface area contributed by atoms with Crippen molar-refractivity contribution >= 4 is 33.3 Å². The second-order valence-electron chi connectivity index (χ2n) is 7.06. The molecule has 0 atom stereocenters. The maximum atomic E-state index is 13.0. The van der Waals surface area contributed by atoms with E-state index in [9.17, 15) is 18.0 Å². The van der Waals surface area contributed by atoms with Crippen LogP contribution in [-0.4, -0.2) is 44.0 Å². The Morgan fingerprint density at radius 2 is 1.62 bits per heavy atom. The lowest BCUT2D eigenvalue weighted by molar-refractivity contribution is 0.0904. The van der Waals surface area contributed by atoms with Gasteiger partial charge in [-0.3, -0.25) is 9.59 Å². The van der Waals surface area contributed by atoms with Crippen molar-refractivity contribution < 1.29 is 18.0 Å². The Labute approximate surface area is 175 Å². The monoisotopic (exact) mass is 434 g/mol. The molecule has 1 heterocycles. The third-order valence-electron chi connectivity index (χ3n) is 4.96. The van der Waals surface area contributed by atoms with Crippen LogP contribution in [0.15, 0.2) is 47.4 Å². The van der Waals surface area contributed by atoms with Gasteiger partial charge in [0, 0.05) is 29.2 Å². The number of halogens is 1. The van der Waals surface area contributed by atoms with Crippen molar-refractivity contribution in [3.05, 3.63) is 64.2 Å². The van der Waals surface area contributed by atoms with E-state index in [4.69, 9.17) is 11.6 Å². The molecule has 0 bridgehead atoms. The molecule has 1 N–H and O–H groups in total. The second-order valence-corrected chi connectivity index (χ2v) is 9.40. The zero-order chi connectivity index (χ0) is 21.0. The summed E-state index contributed by atoms with van der Waals surface area (Å²) in [5, 5.41) is 3.08. The van der Waals surface area contributed by atoms with Crippen LogP contribution in [0, 0.1) is 6.92 Å². The fraction of sp³-hybridized carbons (Fsp3) is 0.333. The predicted octanol–water partition coefficient (Wildman–Crippen LogP) is 3.44. The molecule has 2 aromatic rings. The van der Waals surface area contributed by atoms with Crippen molar-refractivity contribution in [3.8, 4) is 0 Å². The third-order valence-corrected chi connectivity index (χ3v) is 7.25. The Balaban J connectivity index is 1.73. The van der Waals surface area contributed by atoms with E-state index in [1.54, 1.807) is 43.3 Å². The first-order chi connectivity index (χ1) is 13.8. The van der Waals surface area contributed by atoms with Crippen LogP contribution < -0.4 is 5.32 Å². The van der Waals surface area contributed by atoms with E-state index in [0.717, 1.165) is 19.3 Å². The summed E-state index contributed by atoms with van der Waals surface area (Å²) in [4.78, 5) is 24.9. The largest absolute Gasteiger partial charge is 0.345 e. The highest BCUT2D eigenvalue weighted by Crippen LogP contribution is 2.24. The number of hydrogen-bond donors (Lipinski definition) is 1. The molecule has 0 unspecified atom stereocenters. The molecular formula is C21H23ClN2O4S. The third kappa shape index (κ3) is 5.04. The van der Waals surface area contributed by atoms with E-state index in [1.807, 2.05) is 0 Å². The lowest BCUT2D eigenvalue weighted by Crippen LogP contribution is -2.36. The quantitative estimate of drug-likeness (QED) is 0.706. The highest BCUT2D eigenvalue weighted by atomic mass is 35.5. The molecule has 0 aromatic heterocycles. The van der Waals surface area contributed by atoms with Gasteiger partial charge < -0.3 is 5.32 Å². The number of sulfonamides is 1. The topological polar surface area (TPSA) is 83.5 Å². The first-order valence-corrected chi connectivity index (χ1v) is 11.3. The Morgan fingerprint density at radius 3 is 2.28 bits per heavy atom. The molecule has 2 aromatic carbocycles. The van der Waals surface area contributed by atoms with E-state index in [0.29, 0.717) is 29.2 Å². The molecule has 0 aliphatic carbocycles. The Hall–Kier alpha value is -2.22. The molecule has 1 amide bonds. The molecule has 29 heavy (non-hydrogen) atoms. The summed E-state index contributed by atoms with van der Waals surface area (Å²) in [6, 6.07) is 11.0. The number of ketones is 1. The van der Waals surface area contributed by atoms with Crippen molar-refractivity contribution in [1.82, 2.24) is 9.62 Å². The molecule has 154 valence electrons. The number of Topliss-reactive ketones (excluding diaryl/α,β-unsaturated/α-hetero) is 1. The maximum Gasteiger partial charge on any atom is 0.251 e. The molecular weight excluding hydrogens is 412 g/mol. The van der Waals surface area contributed by atoms with Crippen molar-refractivity contribution in [3.63, 3.8) is 0 Å². The van der Waals surface area contributed by atoms with Crippen LogP contribution in [0.1, 0.15) is 45.5 Å². The Bertz CT molecular complexity index is 1010. The first kappa shape index (κ1) is 21.5. The SMILES string of the molecule is Cc1ccc(C(=O)NCC(=O)c2ccc(Cl)cc2)cc1S(=O)(=O)N1CCCCC1. The number of nitrogens with one attached hydrogen (secondary N) is 1. The smallest absolute Gasteiger partial charge is 0.251 e. The normalized spacial score (nSPS) is 15.1. The summed E-state index contributed by atoms with van der Waals surface area (Å²) in [5.41, 5.74) is 1.23. The summed E-state index contributed by atoms with van der Waals surface area (Å²) in [6.45, 7) is 2.51. The molecule has 6 nitrogen and oxygen atoms in total. The number of hydrogen-bond acceptors (Lipinski definition) is 4. The van der Waals surface area contributed by atoms with Crippen LogP contribution in [0.4, 0.5) is 0 Å². The summed E-state index contributed by atoms with van der Waals surface area (Å²) in [5.74, 6) is -0.759. The molecule has 0 radical (unpaired) electrons. The lowest BCUT2D eigenvalue weighted by atomic mass is 10.1. The molecule has 1 saturated heterocycles. The molecule has 1 aliphatic rings. The second kappa shape index (κ2) is 9.07. The van der Waals surface area contributed by atoms with Gasteiger partial charge in [-0.25, -0.2) is 8.42 Å². The van der Waals surface area contributed by atoms with Crippen LogP contribution in [0.25, 0.3) is 0 Å². The van der Waals surface area contributed by atoms with Gasteiger partial charge in [0.05, 0.1) is 11.4 Å². The average molecular weight is 435 g/mol. The number of piperidine rings is 1. The van der Waals surface area contributed by atoms with E-state index >= 15 is 0 Å². The van der Waals surface area contributed by atoms with Gasteiger partial charge in [-0.2, -0.15) is 4.31 Å². The summed E-state index contributed by atoms with van der Waals surface area (Å²) >= 11 is 5.81. The lowest BCUT2D eigenvalue weighted by Gasteiger charge is -2.26. The van der Waals surface area contributed by atoms with Gasteiger partial charge in [-0.1, -0.05) is 24.1 Å². The first-order valence-electron chi connectivity index (χ1n) is 9.47. The zero-order valence-corrected chi connectivity index (χ0v) is 17.7. The van der Waals surface area contributed by atoms with Gasteiger partial charge in [0.1, 0.15) is 0 Å². The van der Waals surface area contributed by atoms with Gasteiger partial charge in [-0.15, -0.1) is 0 Å². The maximum absolute atomic E-state index is 13.0. The van der Waals surface area contributed by atoms with Gasteiger partial charge in [0.25, 0.3) is 5.91 Å². The van der Waals surface area contributed by atoms with Crippen LogP contribution in [0.2, 0.25) is 5.02 Å². The van der Waals surface area contributed by atoms with Gasteiger partial charge in [-0.05, 0) is 61.7 Å². The van der Waals surface area contributed by atoms with Gasteiger partial charge in [0.15, 0.2) is 5.78 Å². The van der Waals surface area contributed by atoms with Crippen molar-refractivity contribution in [1.29, 1.82) is 0 Å². The van der Waals surface area contributed by atoms with Crippen LogP contribution in [-0.2, 0) is 10.0 Å². The highest BCUT2D eigenvalue weighted by Gasteiger charge is 2.28. The molecule has 8 heteroatoms. The van der Waals surface area contributed by atoms with Crippen LogP contribution in [0.3, 0.4) is 0 Å². The highest BCUT2D eigenvalue weighted by molar-refractivity contribution is 7.89. The fourth-order valence-corrected chi connectivity index (χ4v) is 5.16. The number of aryl methyl sites for hydroxylation is 1. The van der Waals surface area contributed by atoms with E-state index in [-0.39, 0.29) is 22.8 Å². The fourth-order valence-electron chi connectivity index (χ4n) is 3.26. The summed E-state index contributed by atoms with van der Waals surface area (Å²) in [7, 11) is -3.65. The van der Waals surface area contributed by atoms with Gasteiger partial charge >= 0.3 is 0 Å². The standard InChI is InChI=1S/C21H23ClN2O4S/c1-15-5-6-17(13-20(15)29(27,28)24-11-3-2-4-12-24)21(26)23-14-19(25)16-7-9-18(22)10-8-16/h5-10,13H,2-4,11-12,14H2,1H3,(H,23,26). The van der Waals surface area contributed by atoms with E-state index < -0.39 is 15.9 Å². The molecule has 0 spiro atoms. The minimum Gasteiger partial charge on any atom is -0.345 e. The summed E-state index contributed by atoms with van der Waals surface area (Å²) < 4.78 is 27.5. The number of carbonyl (C=O) groups is 2. The molecule has 1 aliphatic heterocycles. The van der Waals surface area contributed by atoms with Crippen molar-refractivity contribution in [2.24, 2.45) is 0 Å². The zero-order valence-electron chi connectivity index (χ0n) is 16.2. The average Bonchev–Trinajstić information content (AvgIpc) is 2.73. The number of carbonyl (C=O) groups excluding carboxylic acids is 2. The Kier molecular flexibility index (Phi) is 6.72. The Morgan fingerprint density at radius 1 is 1.00 bits per heavy atom. The van der Waals surface area contributed by atoms with E-state index in [2.05, 4.69) is 5.32 Å². The number of amides is 1. The summed E-state index contributed by atoms with van der Waals surface area (Å²) in [6.07, 6.45) is 2.70. The minimum atomic E-state index is -3.65. The van der Waals surface area contributed by atoms with Crippen LogP contribution in [0.5, 0.6) is 0 Å². The molecule has 1 fully saturated rings. The molecule has 3 rings (SSSR count).